The summed E-state index contributed by atoms with van der Waals surface area (Å²) in [6.07, 6.45) is 1.57. The predicted octanol–water partition coefficient (Wildman–Crippen LogP) is 3.41. The number of H-pyrrole nitrogens is 2. The summed E-state index contributed by atoms with van der Waals surface area (Å²) >= 11 is 11.0. The van der Waals surface area contributed by atoms with Crippen molar-refractivity contribution in [3.8, 4) is 0 Å². The van der Waals surface area contributed by atoms with Crippen molar-refractivity contribution in [2.45, 2.75) is 0 Å². The smallest absolute Gasteiger partial charge is 0.200 e. The standard InChI is InChI=1S/C11H8ClN5S/c12-6-2-1-3-7(4-6)15-10-8-9(14-5-13-8)16-11(18)17-10/h1-5H,(H3,13,14,15,16,17,18). The quantitative estimate of drug-likeness (QED) is 0.628. The van der Waals surface area contributed by atoms with Gasteiger partial charge in [0.1, 0.15) is 11.3 Å². The van der Waals surface area contributed by atoms with Crippen molar-refractivity contribution in [2.24, 2.45) is 0 Å². The molecule has 3 N–H and O–H groups in total. The second-order valence-corrected chi connectivity index (χ2v) is 4.48. The fourth-order valence-electron chi connectivity index (χ4n) is 1.65. The fourth-order valence-corrected chi connectivity index (χ4v) is 2.03. The van der Waals surface area contributed by atoms with Crippen LogP contribution in [0.1, 0.15) is 0 Å². The Balaban J connectivity index is 2.09. The average Bonchev–Trinajstić information content (AvgIpc) is 2.77. The van der Waals surface area contributed by atoms with Crippen molar-refractivity contribution in [3.05, 3.63) is 40.4 Å². The normalized spacial score (nSPS) is 10.7. The third-order valence-corrected chi connectivity index (χ3v) is 2.83. The van der Waals surface area contributed by atoms with Gasteiger partial charge in [0, 0.05) is 10.7 Å². The molecule has 0 fully saturated rings. The molecule has 0 unspecified atom stereocenters. The van der Waals surface area contributed by atoms with Gasteiger partial charge in [-0.25, -0.2) is 4.98 Å². The number of rotatable bonds is 2. The van der Waals surface area contributed by atoms with Gasteiger partial charge in [-0.3, -0.25) is 0 Å². The van der Waals surface area contributed by atoms with E-state index >= 15 is 0 Å². The van der Waals surface area contributed by atoms with Gasteiger partial charge in [0.2, 0.25) is 4.77 Å². The van der Waals surface area contributed by atoms with E-state index in [1.807, 2.05) is 24.3 Å². The van der Waals surface area contributed by atoms with E-state index in [1.54, 1.807) is 6.33 Å². The number of anilines is 2. The van der Waals surface area contributed by atoms with Crippen LogP contribution in [-0.2, 0) is 0 Å². The van der Waals surface area contributed by atoms with Crippen LogP contribution in [0.2, 0.25) is 5.02 Å². The Bertz CT molecular complexity index is 763. The minimum Gasteiger partial charge on any atom is -0.340 e. The van der Waals surface area contributed by atoms with E-state index in [0.717, 1.165) is 11.2 Å². The topological polar surface area (TPSA) is 69.4 Å². The van der Waals surface area contributed by atoms with Gasteiger partial charge in [0.15, 0.2) is 5.65 Å². The minimum atomic E-state index is 0.374. The van der Waals surface area contributed by atoms with Gasteiger partial charge in [-0.1, -0.05) is 17.7 Å². The molecule has 0 saturated heterocycles. The molecule has 3 rings (SSSR count). The number of hydrogen-bond acceptors (Lipinski definition) is 4. The van der Waals surface area contributed by atoms with Crippen LogP contribution in [-0.4, -0.2) is 19.9 Å². The Labute approximate surface area is 112 Å². The summed E-state index contributed by atoms with van der Waals surface area (Å²) in [4.78, 5) is 14.2. The van der Waals surface area contributed by atoms with Crippen LogP contribution in [0.4, 0.5) is 11.5 Å². The molecule has 0 aliphatic carbocycles. The molecular weight excluding hydrogens is 270 g/mol. The summed E-state index contributed by atoms with van der Waals surface area (Å²) in [5, 5.41) is 3.86. The molecule has 0 atom stereocenters. The summed E-state index contributed by atoms with van der Waals surface area (Å²) < 4.78 is 0.374. The fraction of sp³-hybridized carbons (Fsp3) is 0. The second kappa shape index (κ2) is 4.40. The van der Waals surface area contributed by atoms with Crippen molar-refractivity contribution in [1.29, 1.82) is 0 Å². The highest BCUT2D eigenvalue weighted by atomic mass is 35.5. The lowest BCUT2D eigenvalue weighted by atomic mass is 10.3. The molecule has 0 saturated carbocycles. The van der Waals surface area contributed by atoms with Crippen LogP contribution >= 0.6 is 23.8 Å². The van der Waals surface area contributed by atoms with E-state index in [9.17, 15) is 0 Å². The second-order valence-electron chi connectivity index (χ2n) is 3.65. The summed E-state index contributed by atoms with van der Waals surface area (Å²) in [6.45, 7) is 0. The minimum absolute atomic E-state index is 0.374. The number of nitrogens with one attached hydrogen (secondary N) is 3. The van der Waals surface area contributed by atoms with Gasteiger partial charge >= 0.3 is 0 Å². The first-order chi connectivity index (χ1) is 8.72. The Morgan fingerprint density at radius 2 is 2.22 bits per heavy atom. The van der Waals surface area contributed by atoms with E-state index in [2.05, 4.69) is 25.3 Å². The van der Waals surface area contributed by atoms with Crippen LogP contribution in [0.25, 0.3) is 11.2 Å². The van der Waals surface area contributed by atoms with E-state index < -0.39 is 0 Å². The maximum absolute atomic E-state index is 5.94. The lowest BCUT2D eigenvalue weighted by Crippen LogP contribution is -1.96. The van der Waals surface area contributed by atoms with Gasteiger partial charge in [0.25, 0.3) is 0 Å². The molecule has 18 heavy (non-hydrogen) atoms. The van der Waals surface area contributed by atoms with Gasteiger partial charge in [-0.2, -0.15) is 4.98 Å². The van der Waals surface area contributed by atoms with Gasteiger partial charge in [0.05, 0.1) is 6.33 Å². The van der Waals surface area contributed by atoms with Crippen LogP contribution in [0.15, 0.2) is 30.6 Å². The van der Waals surface area contributed by atoms with E-state index in [-0.39, 0.29) is 0 Å². The highest BCUT2D eigenvalue weighted by molar-refractivity contribution is 7.71. The maximum atomic E-state index is 5.94. The van der Waals surface area contributed by atoms with E-state index in [4.69, 9.17) is 23.8 Å². The van der Waals surface area contributed by atoms with Crippen LogP contribution in [0.5, 0.6) is 0 Å². The Morgan fingerprint density at radius 3 is 3.06 bits per heavy atom. The number of fused-ring (bicyclic) bond motifs is 1. The summed E-state index contributed by atoms with van der Waals surface area (Å²) in [5.74, 6) is 0.713. The molecule has 3 aromatic rings. The summed E-state index contributed by atoms with van der Waals surface area (Å²) in [5.41, 5.74) is 2.20. The predicted molar refractivity (Wildman–Crippen MR) is 73.8 cm³/mol. The van der Waals surface area contributed by atoms with Crippen molar-refractivity contribution in [1.82, 2.24) is 19.9 Å². The molecule has 0 radical (unpaired) electrons. The maximum Gasteiger partial charge on any atom is 0.200 e. The molecule has 0 spiro atoms. The van der Waals surface area contributed by atoms with E-state index in [0.29, 0.717) is 21.3 Å². The SMILES string of the molecule is S=c1nc2nc[nH]c2c(Nc2cccc(Cl)c2)[nH]1. The third-order valence-electron chi connectivity index (χ3n) is 2.40. The van der Waals surface area contributed by atoms with Gasteiger partial charge in [-0.15, -0.1) is 0 Å². The average molecular weight is 278 g/mol. The zero-order valence-electron chi connectivity index (χ0n) is 9.07. The summed E-state index contributed by atoms with van der Waals surface area (Å²) in [6, 6.07) is 7.41. The first-order valence-corrected chi connectivity index (χ1v) is 5.97. The Kier molecular flexibility index (Phi) is 2.73. The Morgan fingerprint density at radius 1 is 1.33 bits per heavy atom. The van der Waals surface area contributed by atoms with Crippen molar-refractivity contribution < 1.29 is 0 Å². The lowest BCUT2D eigenvalue weighted by molar-refractivity contribution is 1.16. The molecule has 0 bridgehead atoms. The number of halogens is 1. The number of aromatic nitrogens is 4. The molecular formula is C11H8ClN5S. The van der Waals surface area contributed by atoms with Crippen molar-refractivity contribution >= 4 is 46.5 Å². The highest BCUT2D eigenvalue weighted by Crippen LogP contribution is 2.22. The lowest BCUT2D eigenvalue weighted by Gasteiger charge is -2.07. The van der Waals surface area contributed by atoms with Gasteiger partial charge < -0.3 is 15.3 Å². The molecule has 2 aromatic heterocycles. The highest BCUT2D eigenvalue weighted by Gasteiger charge is 2.06. The molecule has 0 aliphatic heterocycles. The monoisotopic (exact) mass is 277 g/mol. The molecule has 90 valence electrons. The van der Waals surface area contributed by atoms with Crippen molar-refractivity contribution in [3.63, 3.8) is 0 Å². The van der Waals surface area contributed by atoms with Crippen LogP contribution < -0.4 is 5.32 Å². The molecule has 2 heterocycles. The van der Waals surface area contributed by atoms with Crippen molar-refractivity contribution in [2.75, 3.05) is 5.32 Å². The summed E-state index contributed by atoms with van der Waals surface area (Å²) in [7, 11) is 0. The number of benzene rings is 1. The number of aromatic amines is 2. The van der Waals surface area contributed by atoms with Gasteiger partial charge in [-0.05, 0) is 30.4 Å². The number of imidazole rings is 1. The van der Waals surface area contributed by atoms with Crippen LogP contribution in [0.3, 0.4) is 0 Å². The Hall–Kier alpha value is -1.92. The third kappa shape index (κ3) is 2.07. The van der Waals surface area contributed by atoms with Crippen LogP contribution in [0, 0.1) is 4.77 Å². The molecule has 7 heteroatoms. The number of nitrogens with zero attached hydrogens (tertiary/aromatic N) is 2. The molecule has 5 nitrogen and oxygen atoms in total. The zero-order chi connectivity index (χ0) is 12.5. The zero-order valence-corrected chi connectivity index (χ0v) is 10.6. The molecule has 0 amide bonds. The first-order valence-electron chi connectivity index (χ1n) is 5.18. The largest absolute Gasteiger partial charge is 0.340 e. The van der Waals surface area contributed by atoms with E-state index in [1.165, 1.54) is 0 Å². The number of hydrogen-bond donors (Lipinski definition) is 3. The molecule has 0 aliphatic rings. The first kappa shape index (κ1) is 11.2. The molecule has 1 aromatic carbocycles.